The zero-order valence-electron chi connectivity index (χ0n) is 14.1. The highest BCUT2D eigenvalue weighted by molar-refractivity contribution is 6.23. The second kappa shape index (κ2) is 8.01. The lowest BCUT2D eigenvalue weighted by molar-refractivity contribution is -0.133. The number of carbonyl (C=O) groups is 2. The van der Waals surface area contributed by atoms with Gasteiger partial charge in [0.2, 0.25) is 0 Å². The first-order valence-electron chi connectivity index (χ1n) is 7.36. The van der Waals surface area contributed by atoms with Crippen LogP contribution in [-0.4, -0.2) is 38.4 Å². The van der Waals surface area contributed by atoms with E-state index in [1.807, 2.05) is 0 Å². The van der Waals surface area contributed by atoms with Gasteiger partial charge in [0, 0.05) is 5.56 Å². The van der Waals surface area contributed by atoms with Crippen LogP contribution < -0.4 is 9.47 Å². The van der Waals surface area contributed by atoms with Gasteiger partial charge in [-0.2, -0.15) is 0 Å². The van der Waals surface area contributed by atoms with Crippen molar-refractivity contribution in [2.24, 2.45) is 0 Å². The highest BCUT2D eigenvalue weighted by Gasteiger charge is 2.19. The van der Waals surface area contributed by atoms with Gasteiger partial charge in [-0.1, -0.05) is 24.3 Å². The molecule has 0 unspecified atom stereocenters. The molecule has 25 heavy (non-hydrogen) atoms. The molecule has 0 amide bonds. The lowest BCUT2D eigenvalue weighted by Gasteiger charge is -2.11. The molecule has 0 atom stereocenters. The molecule has 2 aromatic rings. The summed E-state index contributed by atoms with van der Waals surface area (Å²) in [6.45, 7) is 0. The number of rotatable bonds is 6. The maximum Gasteiger partial charge on any atom is 0.338 e. The number of carboxylic acids is 1. The van der Waals surface area contributed by atoms with Crippen LogP contribution in [0.4, 0.5) is 0 Å². The number of ether oxygens (including phenoxy) is 3. The summed E-state index contributed by atoms with van der Waals surface area (Å²) in [5, 5.41) is 9.37. The largest absolute Gasteiger partial charge is 0.493 e. The van der Waals surface area contributed by atoms with E-state index in [-0.39, 0.29) is 16.7 Å². The molecule has 0 fully saturated rings. The van der Waals surface area contributed by atoms with Crippen molar-refractivity contribution in [1.82, 2.24) is 0 Å². The molecule has 0 spiro atoms. The predicted octanol–water partition coefficient (Wildman–Crippen LogP) is 3.12. The van der Waals surface area contributed by atoms with Crippen LogP contribution >= 0.6 is 0 Å². The van der Waals surface area contributed by atoms with E-state index in [1.54, 1.807) is 42.5 Å². The summed E-state index contributed by atoms with van der Waals surface area (Å²) in [6.07, 6.45) is 1.55. The second-order valence-corrected chi connectivity index (χ2v) is 5.01. The Labute approximate surface area is 145 Å². The van der Waals surface area contributed by atoms with Gasteiger partial charge < -0.3 is 19.3 Å². The maximum atomic E-state index is 12.2. The average molecular weight is 342 g/mol. The fourth-order valence-electron chi connectivity index (χ4n) is 2.37. The third-order valence-electron chi connectivity index (χ3n) is 3.57. The molecule has 0 aliphatic carbocycles. The van der Waals surface area contributed by atoms with Crippen LogP contribution in [0.1, 0.15) is 21.5 Å². The molecule has 0 aromatic heterocycles. The van der Waals surface area contributed by atoms with Crippen LogP contribution in [0.15, 0.2) is 42.5 Å². The van der Waals surface area contributed by atoms with Gasteiger partial charge in [0.15, 0.2) is 11.5 Å². The van der Waals surface area contributed by atoms with E-state index in [0.717, 1.165) is 0 Å². The van der Waals surface area contributed by atoms with Crippen LogP contribution in [0.25, 0.3) is 11.6 Å². The molecule has 0 heterocycles. The van der Waals surface area contributed by atoms with Gasteiger partial charge >= 0.3 is 11.9 Å². The molecule has 0 saturated carbocycles. The number of carbonyl (C=O) groups excluding carboxylic acids is 1. The standard InChI is InChI=1S/C19H18O6/c1-23-16-9-8-12(11-17(16)24-2)10-15(19(22)25-3)13-6-4-5-7-14(13)18(20)21/h4-11H,1-3H3,(H,20,21)/b15-10-. The van der Waals surface area contributed by atoms with E-state index in [4.69, 9.17) is 14.2 Å². The highest BCUT2D eigenvalue weighted by Crippen LogP contribution is 2.30. The van der Waals surface area contributed by atoms with Crippen molar-refractivity contribution < 1.29 is 28.9 Å². The lowest BCUT2D eigenvalue weighted by atomic mass is 9.97. The number of aromatic carboxylic acids is 1. The highest BCUT2D eigenvalue weighted by atomic mass is 16.5. The van der Waals surface area contributed by atoms with Gasteiger partial charge in [-0.3, -0.25) is 0 Å². The molecular weight excluding hydrogens is 324 g/mol. The van der Waals surface area contributed by atoms with Crippen molar-refractivity contribution in [3.05, 3.63) is 59.2 Å². The van der Waals surface area contributed by atoms with Crippen molar-refractivity contribution in [3.8, 4) is 11.5 Å². The molecule has 0 aliphatic heterocycles. The van der Waals surface area contributed by atoms with Gasteiger partial charge in [0.1, 0.15) is 0 Å². The maximum absolute atomic E-state index is 12.2. The number of benzene rings is 2. The molecule has 1 N–H and O–H groups in total. The van der Waals surface area contributed by atoms with E-state index >= 15 is 0 Å². The Hall–Kier alpha value is -3.28. The molecule has 0 bridgehead atoms. The summed E-state index contributed by atoms with van der Waals surface area (Å²) in [5.41, 5.74) is 1.06. The fourth-order valence-corrected chi connectivity index (χ4v) is 2.37. The third kappa shape index (κ3) is 3.98. The quantitative estimate of drug-likeness (QED) is 0.493. The van der Waals surface area contributed by atoms with Crippen molar-refractivity contribution in [3.63, 3.8) is 0 Å². The summed E-state index contributed by atoms with van der Waals surface area (Å²) in [4.78, 5) is 23.7. The van der Waals surface area contributed by atoms with E-state index in [1.165, 1.54) is 27.4 Å². The Morgan fingerprint density at radius 3 is 2.12 bits per heavy atom. The van der Waals surface area contributed by atoms with Gasteiger partial charge in [-0.05, 0) is 29.8 Å². The molecule has 2 rings (SSSR count). The Morgan fingerprint density at radius 2 is 1.56 bits per heavy atom. The normalized spacial score (nSPS) is 10.9. The summed E-state index contributed by atoms with van der Waals surface area (Å²) in [5.74, 6) is -0.724. The van der Waals surface area contributed by atoms with Crippen molar-refractivity contribution in [1.29, 1.82) is 0 Å². The predicted molar refractivity (Wildman–Crippen MR) is 92.8 cm³/mol. The van der Waals surface area contributed by atoms with E-state index in [0.29, 0.717) is 17.1 Å². The topological polar surface area (TPSA) is 82.1 Å². The SMILES string of the molecule is COC(=O)/C(=C\c1ccc(OC)c(OC)c1)c1ccccc1C(=O)O. The summed E-state index contributed by atoms with van der Waals surface area (Å²) >= 11 is 0. The first kappa shape index (κ1) is 18.1. The first-order chi connectivity index (χ1) is 12.0. The molecule has 6 nitrogen and oxygen atoms in total. The van der Waals surface area contributed by atoms with Crippen molar-refractivity contribution in [2.75, 3.05) is 21.3 Å². The minimum absolute atomic E-state index is 0.0135. The number of hydrogen-bond acceptors (Lipinski definition) is 5. The third-order valence-corrected chi connectivity index (χ3v) is 3.57. The molecule has 130 valence electrons. The number of methoxy groups -OCH3 is 3. The average Bonchev–Trinajstić information content (AvgIpc) is 2.65. The monoisotopic (exact) mass is 342 g/mol. The Morgan fingerprint density at radius 1 is 0.920 bits per heavy atom. The van der Waals surface area contributed by atoms with Gasteiger partial charge in [0.25, 0.3) is 0 Å². The van der Waals surface area contributed by atoms with Crippen LogP contribution in [0.2, 0.25) is 0 Å². The van der Waals surface area contributed by atoms with E-state index in [9.17, 15) is 14.7 Å². The smallest absolute Gasteiger partial charge is 0.338 e. The molecule has 0 radical (unpaired) electrons. The zero-order valence-corrected chi connectivity index (χ0v) is 14.1. The minimum atomic E-state index is -1.13. The Kier molecular flexibility index (Phi) is 5.79. The summed E-state index contributed by atoms with van der Waals surface area (Å²) in [7, 11) is 4.27. The van der Waals surface area contributed by atoms with Crippen molar-refractivity contribution >= 4 is 23.6 Å². The van der Waals surface area contributed by atoms with Crippen molar-refractivity contribution in [2.45, 2.75) is 0 Å². The fraction of sp³-hybridized carbons (Fsp3) is 0.158. The molecule has 6 heteroatoms. The molecule has 0 aliphatic rings. The Bertz CT molecular complexity index is 822. The van der Waals surface area contributed by atoms with Crippen LogP contribution in [0.5, 0.6) is 11.5 Å². The summed E-state index contributed by atoms with van der Waals surface area (Å²) in [6, 6.07) is 11.4. The Balaban J connectivity index is 2.62. The second-order valence-electron chi connectivity index (χ2n) is 5.01. The zero-order chi connectivity index (χ0) is 18.4. The van der Waals surface area contributed by atoms with Gasteiger partial charge in [-0.25, -0.2) is 9.59 Å². The number of hydrogen-bond donors (Lipinski definition) is 1. The molecule has 0 saturated heterocycles. The van der Waals surface area contributed by atoms with Crippen LogP contribution in [0, 0.1) is 0 Å². The van der Waals surface area contributed by atoms with Gasteiger partial charge in [0.05, 0.1) is 32.5 Å². The van der Waals surface area contributed by atoms with E-state index < -0.39 is 11.9 Å². The van der Waals surface area contributed by atoms with Crippen LogP contribution in [0.3, 0.4) is 0 Å². The number of esters is 1. The minimum Gasteiger partial charge on any atom is -0.493 e. The van der Waals surface area contributed by atoms with E-state index in [2.05, 4.69) is 0 Å². The van der Waals surface area contributed by atoms with Crippen LogP contribution in [-0.2, 0) is 9.53 Å². The molecular formula is C19H18O6. The lowest BCUT2D eigenvalue weighted by Crippen LogP contribution is -2.09. The molecule has 2 aromatic carbocycles. The summed E-state index contributed by atoms with van der Waals surface area (Å²) < 4.78 is 15.3. The number of carboxylic acid groups (broad SMARTS) is 1. The first-order valence-corrected chi connectivity index (χ1v) is 7.36. The van der Waals surface area contributed by atoms with Gasteiger partial charge in [-0.15, -0.1) is 0 Å².